The van der Waals surface area contributed by atoms with Gasteiger partial charge in [0, 0.05) is 11.3 Å². The van der Waals surface area contributed by atoms with Crippen molar-refractivity contribution in [2.45, 2.75) is 33.1 Å². The summed E-state index contributed by atoms with van der Waals surface area (Å²) >= 11 is 0. The fourth-order valence-electron chi connectivity index (χ4n) is 2.68. The molecule has 2 aromatic rings. The molecular weight excluding hydrogens is 292 g/mol. The number of hydrogen-bond acceptors (Lipinski definition) is 2. The maximum Gasteiger partial charge on any atom is 0.101 e. The third-order valence-corrected chi connectivity index (χ3v) is 4.02. The van der Waals surface area contributed by atoms with Gasteiger partial charge in [-0.25, -0.2) is 0 Å². The third kappa shape index (κ3) is 4.14. The highest BCUT2D eigenvalue weighted by Crippen LogP contribution is 2.27. The molecule has 0 unspecified atom stereocenters. The van der Waals surface area contributed by atoms with E-state index in [9.17, 15) is 5.26 Å². The van der Waals surface area contributed by atoms with Crippen molar-refractivity contribution in [3.63, 3.8) is 0 Å². The van der Waals surface area contributed by atoms with E-state index >= 15 is 0 Å². The third-order valence-electron chi connectivity index (χ3n) is 4.02. The standard InChI is InChI=1S/C22H24N2/c1-5-6-9-18-12-13-22(19(14-18)15-23)24-17(4)21-11-8-7-10-20(21)16(2)3/h7-8,10-14,24H,2,4-6,9H2,1,3H3. The lowest BCUT2D eigenvalue weighted by Gasteiger charge is -2.15. The molecule has 0 heterocycles. The van der Waals surface area contributed by atoms with Gasteiger partial charge in [-0.1, -0.05) is 62.4 Å². The first-order valence-electron chi connectivity index (χ1n) is 8.31. The lowest BCUT2D eigenvalue weighted by atomic mass is 9.99. The summed E-state index contributed by atoms with van der Waals surface area (Å²) in [4.78, 5) is 0. The first kappa shape index (κ1) is 17.6. The van der Waals surface area contributed by atoms with Crippen LogP contribution < -0.4 is 5.32 Å². The van der Waals surface area contributed by atoms with Crippen LogP contribution in [0.5, 0.6) is 0 Å². The van der Waals surface area contributed by atoms with Gasteiger partial charge in [0.2, 0.25) is 0 Å². The quantitative estimate of drug-likeness (QED) is 0.678. The van der Waals surface area contributed by atoms with Crippen molar-refractivity contribution in [3.8, 4) is 6.07 Å². The van der Waals surface area contributed by atoms with Crippen molar-refractivity contribution in [3.05, 3.63) is 77.9 Å². The van der Waals surface area contributed by atoms with Crippen molar-refractivity contribution in [1.82, 2.24) is 0 Å². The number of nitrogens with zero attached hydrogens (tertiary/aromatic N) is 1. The van der Waals surface area contributed by atoms with Gasteiger partial charge in [0.15, 0.2) is 0 Å². The molecule has 1 N–H and O–H groups in total. The number of allylic oxidation sites excluding steroid dienone is 1. The molecule has 0 radical (unpaired) electrons. The molecule has 0 aromatic heterocycles. The van der Waals surface area contributed by atoms with Gasteiger partial charge in [0.1, 0.15) is 6.07 Å². The summed E-state index contributed by atoms with van der Waals surface area (Å²) in [5, 5.41) is 12.8. The first-order chi connectivity index (χ1) is 11.6. The molecule has 2 heteroatoms. The molecular formula is C22H24N2. The SMILES string of the molecule is C=C(C)c1ccccc1C(=C)Nc1ccc(CCCC)cc1C#N. The molecule has 0 saturated carbocycles. The van der Waals surface area contributed by atoms with Crippen molar-refractivity contribution in [2.75, 3.05) is 5.32 Å². The van der Waals surface area contributed by atoms with Gasteiger partial charge in [-0.2, -0.15) is 5.26 Å². The summed E-state index contributed by atoms with van der Waals surface area (Å²) in [6.07, 6.45) is 3.29. The summed E-state index contributed by atoms with van der Waals surface area (Å²) in [6.45, 7) is 12.3. The number of hydrogen-bond donors (Lipinski definition) is 1. The molecule has 2 rings (SSSR count). The number of unbranched alkanes of at least 4 members (excludes halogenated alkanes) is 1. The van der Waals surface area contributed by atoms with Crippen molar-refractivity contribution < 1.29 is 0 Å². The molecule has 0 saturated heterocycles. The minimum atomic E-state index is 0.651. The second-order valence-corrected chi connectivity index (χ2v) is 6.02. The second kappa shape index (κ2) is 8.17. The van der Waals surface area contributed by atoms with Gasteiger partial charge in [-0.15, -0.1) is 0 Å². The molecule has 0 amide bonds. The van der Waals surface area contributed by atoms with E-state index in [0.717, 1.165) is 47.3 Å². The zero-order valence-corrected chi connectivity index (χ0v) is 14.5. The monoisotopic (exact) mass is 316 g/mol. The zero-order valence-electron chi connectivity index (χ0n) is 14.5. The number of anilines is 1. The van der Waals surface area contributed by atoms with Crippen LogP contribution in [0.4, 0.5) is 5.69 Å². The normalized spacial score (nSPS) is 10.0. The van der Waals surface area contributed by atoms with E-state index in [0.29, 0.717) is 5.56 Å². The zero-order chi connectivity index (χ0) is 17.5. The minimum absolute atomic E-state index is 0.651. The van der Waals surface area contributed by atoms with E-state index < -0.39 is 0 Å². The van der Waals surface area contributed by atoms with Crippen LogP contribution in [0.2, 0.25) is 0 Å². The van der Waals surface area contributed by atoms with E-state index in [4.69, 9.17) is 0 Å². The fraction of sp³-hybridized carbons (Fsp3) is 0.227. The summed E-state index contributed by atoms with van der Waals surface area (Å²) in [7, 11) is 0. The average molecular weight is 316 g/mol. The minimum Gasteiger partial charge on any atom is -0.354 e. The van der Waals surface area contributed by atoms with E-state index in [2.05, 4.69) is 37.5 Å². The summed E-state index contributed by atoms with van der Waals surface area (Å²) < 4.78 is 0. The maximum atomic E-state index is 9.46. The summed E-state index contributed by atoms with van der Waals surface area (Å²) in [5.74, 6) is 0. The largest absolute Gasteiger partial charge is 0.354 e. The molecule has 2 aromatic carbocycles. The van der Waals surface area contributed by atoms with Crippen LogP contribution in [-0.2, 0) is 6.42 Å². The van der Waals surface area contributed by atoms with Crippen molar-refractivity contribution >= 4 is 17.0 Å². The van der Waals surface area contributed by atoms with Crippen LogP contribution in [0, 0.1) is 11.3 Å². The Morgan fingerprint density at radius 2 is 1.83 bits per heavy atom. The molecule has 122 valence electrons. The Kier molecular flexibility index (Phi) is 5.98. The van der Waals surface area contributed by atoms with Gasteiger partial charge < -0.3 is 5.32 Å². The number of aryl methyl sites for hydroxylation is 1. The molecule has 0 fully saturated rings. The summed E-state index contributed by atoms with van der Waals surface area (Å²) in [5.41, 5.74) is 6.47. The van der Waals surface area contributed by atoms with Crippen LogP contribution in [0.3, 0.4) is 0 Å². The Labute approximate surface area is 145 Å². The Morgan fingerprint density at radius 1 is 1.12 bits per heavy atom. The van der Waals surface area contributed by atoms with E-state index in [1.165, 1.54) is 5.56 Å². The Morgan fingerprint density at radius 3 is 2.46 bits per heavy atom. The molecule has 2 nitrogen and oxygen atoms in total. The number of nitriles is 1. The van der Waals surface area contributed by atoms with Gasteiger partial charge in [0.05, 0.1) is 11.3 Å². The number of benzene rings is 2. The highest BCUT2D eigenvalue weighted by atomic mass is 14.9. The van der Waals surface area contributed by atoms with Crippen LogP contribution in [0.1, 0.15) is 48.9 Å². The molecule has 0 aliphatic heterocycles. The molecule has 0 atom stereocenters. The lowest BCUT2D eigenvalue weighted by Crippen LogP contribution is -2.02. The van der Waals surface area contributed by atoms with Crippen molar-refractivity contribution in [1.29, 1.82) is 5.26 Å². The average Bonchev–Trinajstić information content (AvgIpc) is 2.60. The summed E-state index contributed by atoms with van der Waals surface area (Å²) in [6, 6.07) is 16.3. The fourth-order valence-corrected chi connectivity index (χ4v) is 2.68. The van der Waals surface area contributed by atoms with Gasteiger partial charge in [-0.05, 0) is 43.0 Å². The molecule has 0 spiro atoms. The van der Waals surface area contributed by atoms with Crippen LogP contribution >= 0.6 is 0 Å². The van der Waals surface area contributed by atoms with Gasteiger partial charge >= 0.3 is 0 Å². The molecule has 0 bridgehead atoms. The Balaban J connectivity index is 2.26. The first-order valence-corrected chi connectivity index (χ1v) is 8.31. The predicted octanol–water partition coefficient (Wildman–Crippen LogP) is 6.02. The predicted molar refractivity (Wildman–Crippen MR) is 104 cm³/mol. The van der Waals surface area contributed by atoms with Gasteiger partial charge in [0.25, 0.3) is 0 Å². The van der Waals surface area contributed by atoms with Crippen LogP contribution in [0.15, 0.2) is 55.6 Å². The smallest absolute Gasteiger partial charge is 0.101 e. The molecule has 0 aliphatic carbocycles. The highest BCUT2D eigenvalue weighted by molar-refractivity contribution is 5.84. The highest BCUT2D eigenvalue weighted by Gasteiger charge is 2.09. The van der Waals surface area contributed by atoms with E-state index in [1.54, 1.807) is 0 Å². The molecule has 0 aliphatic rings. The van der Waals surface area contributed by atoms with Crippen LogP contribution in [-0.4, -0.2) is 0 Å². The maximum absolute atomic E-state index is 9.46. The second-order valence-electron chi connectivity index (χ2n) is 6.02. The van der Waals surface area contributed by atoms with E-state index in [-0.39, 0.29) is 0 Å². The number of nitrogens with one attached hydrogen (secondary N) is 1. The lowest BCUT2D eigenvalue weighted by molar-refractivity contribution is 0.795. The van der Waals surface area contributed by atoms with Crippen molar-refractivity contribution in [2.24, 2.45) is 0 Å². The number of rotatable bonds is 7. The van der Waals surface area contributed by atoms with Crippen LogP contribution in [0.25, 0.3) is 11.3 Å². The molecule has 24 heavy (non-hydrogen) atoms. The topological polar surface area (TPSA) is 35.8 Å². The Bertz CT molecular complexity index is 794. The van der Waals surface area contributed by atoms with E-state index in [1.807, 2.05) is 43.3 Å². The van der Waals surface area contributed by atoms with Gasteiger partial charge in [-0.3, -0.25) is 0 Å². The Hall–Kier alpha value is -2.79.